The smallest absolute Gasteiger partial charge is 0.254 e. The Labute approximate surface area is 184 Å². The van der Waals surface area contributed by atoms with Gasteiger partial charge in [0.1, 0.15) is 11.6 Å². The van der Waals surface area contributed by atoms with Gasteiger partial charge in [-0.25, -0.2) is 4.39 Å². The Morgan fingerprint density at radius 1 is 1.22 bits per heavy atom. The van der Waals surface area contributed by atoms with E-state index in [-0.39, 0.29) is 24.6 Å². The highest BCUT2D eigenvalue weighted by Gasteiger charge is 2.21. The predicted molar refractivity (Wildman–Crippen MR) is 119 cm³/mol. The second-order valence-electron chi connectivity index (χ2n) is 7.34. The molecule has 4 rings (SSSR count). The highest BCUT2D eigenvalue weighted by atomic mass is 19.1. The van der Waals surface area contributed by atoms with Crippen LogP contribution >= 0.6 is 0 Å². The maximum atomic E-state index is 15.1. The quantitative estimate of drug-likeness (QED) is 0.460. The first-order valence-electron chi connectivity index (χ1n) is 10.2. The molecule has 32 heavy (non-hydrogen) atoms. The minimum atomic E-state index is -0.524. The number of pyridine rings is 1. The molecule has 0 radical (unpaired) electrons. The summed E-state index contributed by atoms with van der Waals surface area (Å²) in [5.74, 6) is -0.562. The van der Waals surface area contributed by atoms with Crippen molar-refractivity contribution in [3.63, 3.8) is 0 Å². The molecular formula is C24H23FN4O3. The zero-order valence-electron chi connectivity index (χ0n) is 17.8. The normalized spacial score (nSPS) is 11.0. The van der Waals surface area contributed by atoms with E-state index in [2.05, 4.69) is 15.2 Å². The molecule has 2 aromatic heterocycles. The number of benzene rings is 2. The van der Waals surface area contributed by atoms with Crippen molar-refractivity contribution in [3.8, 4) is 16.9 Å². The van der Waals surface area contributed by atoms with Crippen molar-refractivity contribution in [2.75, 3.05) is 13.7 Å². The summed E-state index contributed by atoms with van der Waals surface area (Å²) in [6, 6.07) is 11.9. The summed E-state index contributed by atoms with van der Waals surface area (Å²) in [6.07, 6.45) is 3.19. The van der Waals surface area contributed by atoms with Crippen molar-refractivity contribution in [1.82, 2.24) is 20.1 Å². The molecule has 4 aromatic rings. The fourth-order valence-corrected chi connectivity index (χ4v) is 3.69. The molecule has 8 heteroatoms. The third-order valence-corrected chi connectivity index (χ3v) is 5.21. The highest BCUT2D eigenvalue weighted by molar-refractivity contribution is 5.96. The number of aromatic amines is 1. The van der Waals surface area contributed by atoms with Crippen LogP contribution in [0.25, 0.3) is 22.0 Å². The molecule has 7 nitrogen and oxygen atoms in total. The molecule has 0 aliphatic rings. The van der Waals surface area contributed by atoms with E-state index in [0.29, 0.717) is 40.1 Å². The molecule has 0 aliphatic heterocycles. The molecule has 0 atom stereocenters. The van der Waals surface area contributed by atoms with Gasteiger partial charge in [-0.05, 0) is 24.6 Å². The molecule has 0 unspecified atom stereocenters. The molecule has 0 fully saturated rings. The van der Waals surface area contributed by atoms with Crippen LogP contribution in [0.2, 0.25) is 0 Å². The van der Waals surface area contributed by atoms with Gasteiger partial charge >= 0.3 is 0 Å². The topological polar surface area (TPSA) is 91.3 Å². The Hall–Kier alpha value is -3.78. The SMILES string of the molecule is CCOc1cc(C(=O)N(C)Cc2cnc(CO)c3cn[nH]c23)cc(F)c1-c1ccccc1. The number of rotatable bonds is 7. The lowest BCUT2D eigenvalue weighted by atomic mass is 10.0. The van der Waals surface area contributed by atoms with Crippen LogP contribution in [0.3, 0.4) is 0 Å². The second kappa shape index (κ2) is 9.15. The summed E-state index contributed by atoms with van der Waals surface area (Å²) in [7, 11) is 1.63. The van der Waals surface area contributed by atoms with Crippen LogP contribution in [-0.4, -0.2) is 44.7 Å². The van der Waals surface area contributed by atoms with Crippen LogP contribution in [0.5, 0.6) is 5.75 Å². The molecule has 0 spiro atoms. The second-order valence-corrected chi connectivity index (χ2v) is 7.34. The standard InChI is InChI=1S/C24H23FN4O3/c1-3-32-21-10-16(9-19(25)22(21)15-7-5-4-6-8-15)24(31)29(2)13-17-11-26-20(14-30)18-12-27-28-23(17)18/h4-12,30H,3,13-14H2,1-2H3,(H,27,28). The van der Waals surface area contributed by atoms with E-state index in [1.54, 1.807) is 37.6 Å². The Morgan fingerprint density at radius 3 is 2.72 bits per heavy atom. The zero-order chi connectivity index (χ0) is 22.7. The van der Waals surface area contributed by atoms with E-state index in [0.717, 1.165) is 5.56 Å². The van der Waals surface area contributed by atoms with Gasteiger partial charge in [-0.3, -0.25) is 14.9 Å². The van der Waals surface area contributed by atoms with Crippen LogP contribution in [-0.2, 0) is 13.2 Å². The van der Waals surface area contributed by atoms with Gasteiger partial charge in [0.2, 0.25) is 0 Å². The van der Waals surface area contributed by atoms with Gasteiger partial charge in [-0.2, -0.15) is 5.10 Å². The van der Waals surface area contributed by atoms with Crippen molar-refractivity contribution < 1.29 is 19.0 Å². The van der Waals surface area contributed by atoms with Crippen molar-refractivity contribution in [3.05, 3.63) is 77.5 Å². The van der Waals surface area contributed by atoms with Gasteiger partial charge in [-0.1, -0.05) is 30.3 Å². The van der Waals surface area contributed by atoms with Gasteiger partial charge in [-0.15, -0.1) is 0 Å². The number of carbonyl (C=O) groups excluding carboxylic acids is 1. The number of halogens is 1. The Balaban J connectivity index is 1.65. The maximum Gasteiger partial charge on any atom is 0.254 e. The Bertz CT molecular complexity index is 1260. The van der Waals surface area contributed by atoms with Crippen LogP contribution in [0.4, 0.5) is 4.39 Å². The number of hydrogen-bond donors (Lipinski definition) is 2. The lowest BCUT2D eigenvalue weighted by Crippen LogP contribution is -2.26. The summed E-state index contributed by atoms with van der Waals surface area (Å²) in [5.41, 5.74) is 3.13. The molecule has 164 valence electrons. The van der Waals surface area contributed by atoms with Gasteiger partial charge in [0.25, 0.3) is 5.91 Å². The number of aliphatic hydroxyl groups excluding tert-OH is 1. The van der Waals surface area contributed by atoms with Gasteiger partial charge in [0.05, 0.1) is 36.2 Å². The van der Waals surface area contributed by atoms with Crippen molar-refractivity contribution >= 4 is 16.8 Å². The van der Waals surface area contributed by atoms with Crippen molar-refractivity contribution in [2.45, 2.75) is 20.1 Å². The lowest BCUT2D eigenvalue weighted by molar-refractivity contribution is 0.0784. The largest absolute Gasteiger partial charge is 0.493 e. The van der Waals surface area contributed by atoms with E-state index in [4.69, 9.17) is 4.74 Å². The van der Waals surface area contributed by atoms with E-state index >= 15 is 4.39 Å². The number of nitrogens with zero attached hydrogens (tertiary/aromatic N) is 3. The third kappa shape index (κ3) is 4.04. The summed E-state index contributed by atoms with van der Waals surface area (Å²) in [6.45, 7) is 2.17. The van der Waals surface area contributed by atoms with Gasteiger partial charge in [0, 0.05) is 36.3 Å². The molecular weight excluding hydrogens is 411 g/mol. The average molecular weight is 434 g/mol. The molecule has 2 heterocycles. The number of carbonyl (C=O) groups is 1. The fourth-order valence-electron chi connectivity index (χ4n) is 3.69. The van der Waals surface area contributed by atoms with Crippen molar-refractivity contribution in [1.29, 1.82) is 0 Å². The number of aromatic nitrogens is 3. The lowest BCUT2D eigenvalue weighted by Gasteiger charge is -2.19. The zero-order valence-corrected chi connectivity index (χ0v) is 17.8. The number of ether oxygens (including phenoxy) is 1. The average Bonchev–Trinajstić information content (AvgIpc) is 3.30. The number of amides is 1. The fraction of sp³-hybridized carbons (Fsp3) is 0.208. The minimum Gasteiger partial charge on any atom is -0.493 e. The van der Waals surface area contributed by atoms with E-state index < -0.39 is 5.82 Å². The van der Waals surface area contributed by atoms with Crippen LogP contribution in [0, 0.1) is 5.82 Å². The van der Waals surface area contributed by atoms with E-state index in [1.165, 1.54) is 11.0 Å². The number of aliphatic hydroxyl groups is 1. The molecule has 0 saturated heterocycles. The summed E-state index contributed by atoms with van der Waals surface area (Å²) in [5, 5.41) is 17.1. The van der Waals surface area contributed by atoms with Gasteiger partial charge < -0.3 is 14.7 Å². The predicted octanol–water partition coefficient (Wildman–Crippen LogP) is 3.93. The monoisotopic (exact) mass is 434 g/mol. The summed E-state index contributed by atoms with van der Waals surface area (Å²) >= 11 is 0. The minimum absolute atomic E-state index is 0.189. The third-order valence-electron chi connectivity index (χ3n) is 5.21. The number of hydrogen-bond acceptors (Lipinski definition) is 5. The Morgan fingerprint density at radius 2 is 2.00 bits per heavy atom. The van der Waals surface area contributed by atoms with Crippen LogP contribution in [0.1, 0.15) is 28.5 Å². The Kier molecular flexibility index (Phi) is 6.13. The first kappa shape index (κ1) is 21.5. The van der Waals surface area contributed by atoms with Crippen LogP contribution < -0.4 is 4.74 Å². The first-order chi connectivity index (χ1) is 15.5. The molecule has 2 aromatic carbocycles. The summed E-state index contributed by atoms with van der Waals surface area (Å²) < 4.78 is 20.8. The van der Waals surface area contributed by atoms with Crippen LogP contribution in [0.15, 0.2) is 54.9 Å². The number of H-pyrrole nitrogens is 1. The van der Waals surface area contributed by atoms with Gasteiger partial charge in [0.15, 0.2) is 0 Å². The molecule has 1 amide bonds. The van der Waals surface area contributed by atoms with E-state index in [9.17, 15) is 9.90 Å². The molecule has 0 aliphatic carbocycles. The number of nitrogens with one attached hydrogen (secondary N) is 1. The summed E-state index contributed by atoms with van der Waals surface area (Å²) in [4.78, 5) is 18.8. The van der Waals surface area contributed by atoms with E-state index in [1.807, 2.05) is 25.1 Å². The highest BCUT2D eigenvalue weighted by Crippen LogP contribution is 2.34. The molecule has 2 N–H and O–H groups in total. The molecule has 0 saturated carbocycles. The van der Waals surface area contributed by atoms with Crippen molar-refractivity contribution in [2.24, 2.45) is 0 Å². The number of fused-ring (bicyclic) bond motifs is 1. The first-order valence-corrected chi connectivity index (χ1v) is 10.2. The maximum absolute atomic E-state index is 15.1. The molecule has 0 bridgehead atoms.